The maximum Gasteiger partial charge on any atom is 0.294 e. The van der Waals surface area contributed by atoms with Crippen LogP contribution < -0.4 is 0 Å². The Bertz CT molecular complexity index is 701. The first-order chi connectivity index (χ1) is 8.50. The molecule has 0 aliphatic rings. The summed E-state index contributed by atoms with van der Waals surface area (Å²) in [5.74, 6) is 0. The second-order valence-electron chi connectivity index (χ2n) is 3.69. The van der Waals surface area contributed by atoms with E-state index < -0.39 is 10.1 Å². The topological polar surface area (TPSA) is 78.2 Å². The molecule has 0 fully saturated rings. The van der Waals surface area contributed by atoms with Gasteiger partial charge in [0.05, 0.1) is 16.5 Å². The van der Waals surface area contributed by atoms with Gasteiger partial charge in [0.25, 0.3) is 10.1 Å². The van der Waals surface area contributed by atoms with E-state index in [1.165, 1.54) is 12.1 Å². The third kappa shape index (κ3) is 3.55. The van der Waals surface area contributed by atoms with Crippen LogP contribution in [0.3, 0.4) is 0 Å². The van der Waals surface area contributed by atoms with Gasteiger partial charge in [0.1, 0.15) is 0 Å². The van der Waals surface area contributed by atoms with E-state index >= 15 is 0 Å². The summed E-state index contributed by atoms with van der Waals surface area (Å²) in [4.78, 5) is -0.139. The Balaban J connectivity index is 0.00000180. The molecule has 0 saturated carbocycles. The molecule has 0 heterocycles. The molecular weight excluding hydrogens is 286 g/mol. The van der Waals surface area contributed by atoms with E-state index in [9.17, 15) is 8.42 Å². The lowest BCUT2D eigenvalue weighted by Crippen LogP contribution is -1.97. The lowest BCUT2D eigenvalue weighted by Gasteiger charge is -2.02. The predicted molar refractivity (Wildman–Crippen MR) is 73.7 cm³/mol. The molecule has 1 N–H and O–H groups in total. The maximum atomic E-state index is 10.9. The van der Waals surface area contributed by atoms with E-state index in [-0.39, 0.29) is 17.3 Å². The van der Waals surface area contributed by atoms with Gasteiger partial charge in [-0.25, -0.2) is 0 Å². The zero-order valence-corrected chi connectivity index (χ0v) is 11.3. The highest BCUT2D eigenvalue weighted by Gasteiger charge is 2.08. The molecule has 2 rings (SSSR count). The zero-order chi connectivity index (χ0) is 13.2. The number of benzene rings is 2. The molecule has 0 spiro atoms. The van der Waals surface area contributed by atoms with Crippen LogP contribution in [0.15, 0.2) is 53.4 Å². The largest absolute Gasteiger partial charge is 0.294 e. The molecule has 0 amide bonds. The zero-order valence-electron chi connectivity index (χ0n) is 9.65. The quantitative estimate of drug-likeness (QED) is 0.864. The number of hydrogen-bond acceptors (Lipinski definition) is 3. The third-order valence-electron chi connectivity index (χ3n) is 2.50. The second kappa shape index (κ2) is 5.85. The Hall–Kier alpha value is -1.87. The van der Waals surface area contributed by atoms with Crippen molar-refractivity contribution in [2.24, 2.45) is 0 Å². The van der Waals surface area contributed by atoms with Gasteiger partial charge in [0.15, 0.2) is 0 Å². The van der Waals surface area contributed by atoms with Gasteiger partial charge in [0.2, 0.25) is 0 Å². The first-order valence-corrected chi connectivity index (χ1v) is 6.53. The van der Waals surface area contributed by atoms with Crippen LogP contribution in [0.4, 0.5) is 0 Å². The summed E-state index contributed by atoms with van der Waals surface area (Å²) in [7, 11) is -4.16. The van der Waals surface area contributed by atoms with Crippen LogP contribution in [-0.2, 0) is 10.1 Å². The number of rotatable bonds is 2. The van der Waals surface area contributed by atoms with Crippen molar-refractivity contribution in [2.45, 2.75) is 4.90 Å². The van der Waals surface area contributed by atoms with Gasteiger partial charge in [-0.3, -0.25) is 4.55 Å². The third-order valence-corrected chi connectivity index (χ3v) is 3.37. The van der Waals surface area contributed by atoms with Crippen molar-refractivity contribution in [2.75, 3.05) is 0 Å². The van der Waals surface area contributed by atoms with Gasteiger partial charge in [0, 0.05) is 0 Å². The van der Waals surface area contributed by atoms with Crippen LogP contribution in [0.25, 0.3) is 11.1 Å². The summed E-state index contributed by atoms with van der Waals surface area (Å²) in [6, 6.07) is 14.8. The van der Waals surface area contributed by atoms with Crippen molar-refractivity contribution in [3.63, 3.8) is 0 Å². The van der Waals surface area contributed by atoms with Gasteiger partial charge in [-0.2, -0.15) is 13.7 Å². The van der Waals surface area contributed by atoms with Crippen molar-refractivity contribution in [1.29, 1.82) is 5.26 Å². The molecule has 0 unspecified atom stereocenters. The monoisotopic (exact) mass is 295 g/mol. The normalized spacial score (nSPS) is 10.3. The van der Waals surface area contributed by atoms with Crippen molar-refractivity contribution >= 4 is 22.5 Å². The van der Waals surface area contributed by atoms with Crippen molar-refractivity contribution < 1.29 is 13.0 Å². The van der Waals surface area contributed by atoms with Crippen LogP contribution >= 0.6 is 12.4 Å². The first kappa shape index (κ1) is 15.2. The van der Waals surface area contributed by atoms with Gasteiger partial charge in [-0.1, -0.05) is 24.3 Å². The van der Waals surface area contributed by atoms with Gasteiger partial charge < -0.3 is 0 Å². The molecule has 0 atom stereocenters. The van der Waals surface area contributed by atoms with Crippen molar-refractivity contribution in [3.05, 3.63) is 54.1 Å². The molecular formula is C13H10ClNO3S. The summed E-state index contributed by atoms with van der Waals surface area (Å²) >= 11 is 0. The molecule has 0 aliphatic carbocycles. The average molecular weight is 296 g/mol. The number of hydrogen-bond donors (Lipinski definition) is 1. The Morgan fingerprint density at radius 2 is 1.32 bits per heavy atom. The Morgan fingerprint density at radius 3 is 1.68 bits per heavy atom. The molecule has 2 aromatic carbocycles. The molecule has 19 heavy (non-hydrogen) atoms. The maximum absolute atomic E-state index is 10.9. The van der Waals surface area contributed by atoms with Crippen LogP contribution in [0.1, 0.15) is 5.56 Å². The van der Waals surface area contributed by atoms with Crippen LogP contribution in [-0.4, -0.2) is 13.0 Å². The average Bonchev–Trinajstić information content (AvgIpc) is 2.38. The van der Waals surface area contributed by atoms with E-state index in [1.807, 2.05) is 6.07 Å². The number of halogens is 1. The van der Waals surface area contributed by atoms with Crippen LogP contribution in [0, 0.1) is 11.3 Å². The summed E-state index contributed by atoms with van der Waals surface area (Å²) in [5, 5.41) is 8.68. The van der Waals surface area contributed by atoms with E-state index in [1.54, 1.807) is 36.4 Å². The Labute approximate surface area is 117 Å². The van der Waals surface area contributed by atoms with Crippen LogP contribution in [0.2, 0.25) is 0 Å². The van der Waals surface area contributed by atoms with Crippen molar-refractivity contribution in [3.8, 4) is 17.2 Å². The fraction of sp³-hybridized carbons (Fsp3) is 0. The minimum atomic E-state index is -4.16. The van der Waals surface area contributed by atoms with Gasteiger partial charge in [-0.05, 0) is 35.4 Å². The summed E-state index contributed by atoms with van der Waals surface area (Å²) in [6.45, 7) is 0. The fourth-order valence-electron chi connectivity index (χ4n) is 1.56. The summed E-state index contributed by atoms with van der Waals surface area (Å²) in [6.07, 6.45) is 0. The molecule has 4 nitrogen and oxygen atoms in total. The van der Waals surface area contributed by atoms with E-state index in [4.69, 9.17) is 9.81 Å². The van der Waals surface area contributed by atoms with E-state index in [2.05, 4.69) is 0 Å². The highest BCUT2D eigenvalue weighted by molar-refractivity contribution is 7.85. The molecule has 0 aromatic heterocycles. The SMILES string of the molecule is Cl.N#Cc1ccc(-c2ccc(S(=O)(=O)O)cc2)cc1. The van der Waals surface area contributed by atoms with Gasteiger partial charge >= 0.3 is 0 Å². The molecule has 6 heteroatoms. The lowest BCUT2D eigenvalue weighted by atomic mass is 10.0. The molecule has 0 bridgehead atoms. The molecule has 0 saturated heterocycles. The van der Waals surface area contributed by atoms with Gasteiger partial charge in [-0.15, -0.1) is 12.4 Å². The minimum absolute atomic E-state index is 0. The highest BCUT2D eigenvalue weighted by atomic mass is 35.5. The first-order valence-electron chi connectivity index (χ1n) is 5.09. The number of nitriles is 1. The molecule has 2 aromatic rings. The summed E-state index contributed by atoms with van der Waals surface area (Å²) < 4.78 is 30.6. The Morgan fingerprint density at radius 1 is 0.895 bits per heavy atom. The standard InChI is InChI=1S/C13H9NO3S.ClH/c14-9-10-1-3-11(4-2-10)12-5-7-13(8-6-12)18(15,16)17;/h1-8H,(H,15,16,17);1H. The Kier molecular flexibility index (Phi) is 4.67. The molecule has 0 aliphatic heterocycles. The fourth-order valence-corrected chi connectivity index (χ4v) is 2.04. The highest BCUT2D eigenvalue weighted by Crippen LogP contribution is 2.21. The molecule has 98 valence electrons. The smallest absolute Gasteiger partial charge is 0.282 e. The molecule has 0 radical (unpaired) electrons. The van der Waals surface area contributed by atoms with E-state index in [0.717, 1.165) is 11.1 Å². The van der Waals surface area contributed by atoms with Crippen LogP contribution in [0.5, 0.6) is 0 Å². The lowest BCUT2D eigenvalue weighted by molar-refractivity contribution is 0.483. The second-order valence-corrected chi connectivity index (χ2v) is 5.11. The van der Waals surface area contributed by atoms with E-state index in [0.29, 0.717) is 5.56 Å². The summed E-state index contributed by atoms with van der Waals surface area (Å²) in [5.41, 5.74) is 2.25. The minimum Gasteiger partial charge on any atom is -0.282 e. The van der Waals surface area contributed by atoms with Crippen molar-refractivity contribution in [1.82, 2.24) is 0 Å². The number of nitrogens with zero attached hydrogens (tertiary/aromatic N) is 1. The predicted octanol–water partition coefficient (Wildman–Crippen LogP) is 2.89.